The van der Waals surface area contributed by atoms with E-state index in [1.165, 1.54) is 0 Å². The maximum atomic E-state index is 12.0. The fourth-order valence-electron chi connectivity index (χ4n) is 1.63. The number of halogens is 2. The Bertz CT molecular complexity index is 599. The molecule has 0 radical (unpaired) electrons. The minimum absolute atomic E-state index is 0.0291. The van der Waals surface area contributed by atoms with Gasteiger partial charge in [-0.3, -0.25) is 9.59 Å². The first-order chi connectivity index (χ1) is 9.40. The number of amides is 2. The molecule has 0 unspecified atom stereocenters. The van der Waals surface area contributed by atoms with Crippen LogP contribution in [0.4, 0.5) is 5.69 Å². The number of hydrogen-bond acceptors (Lipinski definition) is 3. The van der Waals surface area contributed by atoms with Gasteiger partial charge < -0.3 is 5.32 Å². The maximum Gasteiger partial charge on any atom is 0.255 e. The highest BCUT2D eigenvalue weighted by Crippen LogP contribution is 2.34. The second-order valence-electron chi connectivity index (χ2n) is 4.65. The molecule has 5 nitrogen and oxygen atoms in total. The highest BCUT2D eigenvalue weighted by atomic mass is 35.5. The molecule has 1 aromatic carbocycles. The Morgan fingerprint density at radius 1 is 1.40 bits per heavy atom. The molecule has 1 aromatic rings. The summed E-state index contributed by atoms with van der Waals surface area (Å²) < 4.78 is 0. The lowest BCUT2D eigenvalue weighted by Crippen LogP contribution is -2.33. The minimum atomic E-state index is -0.270. The van der Waals surface area contributed by atoms with Gasteiger partial charge in [0, 0.05) is 5.92 Å². The molecule has 0 saturated carbocycles. The Kier molecular flexibility index (Phi) is 4.30. The Morgan fingerprint density at radius 2 is 2.10 bits per heavy atom. The van der Waals surface area contributed by atoms with Gasteiger partial charge in [-0.1, -0.05) is 43.1 Å². The fourth-order valence-corrected chi connectivity index (χ4v) is 2.01. The Morgan fingerprint density at radius 3 is 2.75 bits per heavy atom. The second kappa shape index (κ2) is 5.81. The third kappa shape index (κ3) is 2.94. The molecule has 7 heteroatoms. The average molecular weight is 314 g/mol. The van der Waals surface area contributed by atoms with Gasteiger partial charge in [0.2, 0.25) is 5.91 Å². The normalized spacial score (nSPS) is 14.8. The van der Waals surface area contributed by atoms with Crippen LogP contribution in [0.5, 0.6) is 0 Å². The molecular weight excluding hydrogens is 301 g/mol. The lowest BCUT2D eigenvalue weighted by Gasteiger charge is -2.13. The third-order valence-corrected chi connectivity index (χ3v) is 3.54. The van der Waals surface area contributed by atoms with Crippen LogP contribution in [0.2, 0.25) is 10.0 Å². The van der Waals surface area contributed by atoms with Gasteiger partial charge >= 0.3 is 0 Å². The summed E-state index contributed by atoms with van der Waals surface area (Å²) in [6.45, 7) is 3.52. The van der Waals surface area contributed by atoms with Crippen LogP contribution in [0.1, 0.15) is 20.3 Å². The monoisotopic (exact) mass is 313 g/mol. The predicted molar refractivity (Wildman–Crippen MR) is 79.0 cm³/mol. The van der Waals surface area contributed by atoms with Crippen LogP contribution in [0.25, 0.3) is 0 Å². The molecule has 1 aliphatic rings. The number of anilines is 1. The van der Waals surface area contributed by atoms with E-state index in [4.69, 9.17) is 23.2 Å². The fraction of sp³-hybridized carbons (Fsp3) is 0.308. The summed E-state index contributed by atoms with van der Waals surface area (Å²) >= 11 is 12.0. The highest BCUT2D eigenvalue weighted by Gasteiger charge is 2.28. The molecular formula is C13H13Cl2N3O2. The third-order valence-electron chi connectivity index (χ3n) is 2.73. The van der Waals surface area contributed by atoms with E-state index < -0.39 is 0 Å². The molecule has 0 aliphatic carbocycles. The van der Waals surface area contributed by atoms with Crippen molar-refractivity contribution in [3.63, 3.8) is 0 Å². The first-order valence-electron chi connectivity index (χ1n) is 6.05. The van der Waals surface area contributed by atoms with Crippen LogP contribution in [-0.4, -0.2) is 17.6 Å². The number of carbonyl (C=O) groups is 2. The number of nitrogens with one attached hydrogen (secondary N) is 1. The topological polar surface area (TPSA) is 61.8 Å². The Labute approximate surface area is 126 Å². The van der Waals surface area contributed by atoms with Gasteiger partial charge in [-0.15, -0.1) is 0 Å². The Balaban J connectivity index is 2.25. The van der Waals surface area contributed by atoms with Gasteiger partial charge in [-0.25, -0.2) is 0 Å². The summed E-state index contributed by atoms with van der Waals surface area (Å²) in [6, 6.07) is 4.94. The number of nitrogens with zero attached hydrogens (tertiary/aromatic N) is 2. The summed E-state index contributed by atoms with van der Waals surface area (Å²) in [5.41, 5.74) is 0.401. The van der Waals surface area contributed by atoms with Gasteiger partial charge in [0.15, 0.2) is 0 Å². The number of rotatable bonds is 2. The molecule has 0 saturated heterocycles. The number of benzene rings is 1. The number of amidine groups is 1. The molecule has 0 aromatic heterocycles. The van der Waals surface area contributed by atoms with Crippen LogP contribution in [0, 0.1) is 5.92 Å². The van der Waals surface area contributed by atoms with Gasteiger partial charge in [0.05, 0.1) is 22.2 Å². The molecule has 106 valence electrons. The van der Waals surface area contributed by atoms with Crippen LogP contribution in [0.15, 0.2) is 23.3 Å². The quantitative estimate of drug-likeness (QED) is 0.912. The van der Waals surface area contributed by atoms with Crippen molar-refractivity contribution in [3.05, 3.63) is 28.2 Å². The summed E-state index contributed by atoms with van der Waals surface area (Å²) in [5.74, 6) is -0.329. The number of hydrogen-bond donors (Lipinski definition) is 1. The van der Waals surface area contributed by atoms with Gasteiger partial charge in [0.1, 0.15) is 5.84 Å². The SMILES string of the molecule is CC(C)C(=O)NC1=NN(c2cccc(Cl)c2Cl)C(=O)C1. The zero-order chi connectivity index (χ0) is 14.9. The van der Waals surface area contributed by atoms with Crippen molar-refractivity contribution in [2.75, 3.05) is 5.01 Å². The molecule has 0 fully saturated rings. The smallest absolute Gasteiger partial charge is 0.255 e. The molecule has 0 atom stereocenters. The average Bonchev–Trinajstić information content (AvgIpc) is 2.73. The lowest BCUT2D eigenvalue weighted by molar-refractivity contribution is -0.122. The van der Waals surface area contributed by atoms with E-state index in [2.05, 4.69) is 10.4 Å². The molecule has 0 spiro atoms. The summed E-state index contributed by atoms with van der Waals surface area (Å²) in [4.78, 5) is 23.6. The zero-order valence-corrected chi connectivity index (χ0v) is 12.5. The first-order valence-corrected chi connectivity index (χ1v) is 6.81. The van der Waals surface area contributed by atoms with Crippen molar-refractivity contribution < 1.29 is 9.59 Å². The van der Waals surface area contributed by atoms with Crippen molar-refractivity contribution in [1.29, 1.82) is 0 Å². The van der Waals surface area contributed by atoms with Crippen LogP contribution in [0.3, 0.4) is 0 Å². The van der Waals surface area contributed by atoms with E-state index in [0.29, 0.717) is 16.5 Å². The van der Waals surface area contributed by atoms with E-state index in [1.807, 2.05) is 0 Å². The Hall–Kier alpha value is -1.59. The summed E-state index contributed by atoms with van der Waals surface area (Å²) in [5, 5.41) is 8.45. The molecule has 20 heavy (non-hydrogen) atoms. The molecule has 1 heterocycles. The van der Waals surface area contributed by atoms with E-state index in [9.17, 15) is 9.59 Å². The van der Waals surface area contributed by atoms with Crippen molar-refractivity contribution in [3.8, 4) is 0 Å². The first kappa shape index (κ1) is 14.8. The molecule has 1 N–H and O–H groups in total. The van der Waals surface area contributed by atoms with E-state index in [0.717, 1.165) is 5.01 Å². The van der Waals surface area contributed by atoms with Crippen molar-refractivity contribution in [1.82, 2.24) is 5.32 Å². The van der Waals surface area contributed by atoms with Gasteiger partial charge in [-0.05, 0) is 12.1 Å². The summed E-state index contributed by atoms with van der Waals surface area (Å²) in [6.07, 6.45) is 0.0291. The second-order valence-corrected chi connectivity index (χ2v) is 5.43. The molecule has 2 amide bonds. The van der Waals surface area contributed by atoms with Crippen LogP contribution in [-0.2, 0) is 9.59 Å². The lowest BCUT2D eigenvalue weighted by atomic mass is 10.2. The highest BCUT2D eigenvalue weighted by molar-refractivity contribution is 6.44. The number of carbonyl (C=O) groups excluding carboxylic acids is 2. The standard InChI is InChI=1S/C13H13Cl2N3O2/c1-7(2)13(20)16-10-6-11(19)18(17-10)9-5-3-4-8(14)12(9)15/h3-5,7H,6H2,1-2H3,(H,16,17,20). The number of hydrazone groups is 1. The largest absolute Gasteiger partial charge is 0.312 e. The van der Waals surface area contributed by atoms with Crippen LogP contribution >= 0.6 is 23.2 Å². The minimum Gasteiger partial charge on any atom is -0.312 e. The zero-order valence-electron chi connectivity index (χ0n) is 11.0. The van der Waals surface area contributed by atoms with Crippen molar-refractivity contribution >= 4 is 46.5 Å². The molecule has 1 aliphatic heterocycles. The molecule has 0 bridgehead atoms. The van der Waals surface area contributed by atoms with Gasteiger partial charge in [-0.2, -0.15) is 10.1 Å². The van der Waals surface area contributed by atoms with E-state index >= 15 is 0 Å². The predicted octanol–water partition coefficient (Wildman–Crippen LogP) is 2.82. The molecule has 2 rings (SSSR count). The summed E-state index contributed by atoms with van der Waals surface area (Å²) in [7, 11) is 0. The van der Waals surface area contributed by atoms with Gasteiger partial charge in [0.25, 0.3) is 5.91 Å². The van der Waals surface area contributed by atoms with Crippen molar-refractivity contribution in [2.24, 2.45) is 11.0 Å². The maximum absolute atomic E-state index is 12.0. The van der Waals surface area contributed by atoms with Crippen molar-refractivity contribution in [2.45, 2.75) is 20.3 Å². The van der Waals surface area contributed by atoms with E-state index in [1.54, 1.807) is 32.0 Å². The van der Waals surface area contributed by atoms with Crippen LogP contribution < -0.4 is 10.3 Å². The van der Waals surface area contributed by atoms with E-state index in [-0.39, 0.29) is 29.2 Å².